The molecule has 2 rings (SSSR count). The fourth-order valence-electron chi connectivity index (χ4n) is 3.16. The molecule has 0 aromatic heterocycles. The van der Waals surface area contributed by atoms with E-state index in [-0.39, 0.29) is 17.6 Å². The second kappa shape index (κ2) is 6.25. The van der Waals surface area contributed by atoms with Gasteiger partial charge < -0.3 is 9.84 Å². The molecule has 1 aromatic rings. The highest BCUT2D eigenvalue weighted by molar-refractivity contribution is 5.19. The molecule has 1 heterocycles. The van der Waals surface area contributed by atoms with Gasteiger partial charge in [-0.3, -0.25) is 4.90 Å². The molecular formula is C17H27NO2. The van der Waals surface area contributed by atoms with Crippen molar-refractivity contribution in [2.45, 2.75) is 46.0 Å². The first-order valence-corrected chi connectivity index (χ1v) is 7.49. The van der Waals surface area contributed by atoms with E-state index in [2.05, 4.69) is 32.6 Å². The minimum atomic E-state index is -0.447. The number of nitrogens with zero attached hydrogens (tertiary/aromatic N) is 1. The third-order valence-corrected chi connectivity index (χ3v) is 3.98. The Labute approximate surface area is 122 Å². The van der Waals surface area contributed by atoms with E-state index >= 15 is 0 Å². The van der Waals surface area contributed by atoms with Crippen molar-refractivity contribution in [3.8, 4) is 0 Å². The van der Waals surface area contributed by atoms with E-state index in [1.807, 2.05) is 30.3 Å². The summed E-state index contributed by atoms with van der Waals surface area (Å²) < 4.78 is 5.77. The second-order valence-electron chi connectivity index (χ2n) is 6.75. The predicted molar refractivity (Wildman–Crippen MR) is 81.6 cm³/mol. The van der Waals surface area contributed by atoms with Gasteiger partial charge in [0.15, 0.2) is 0 Å². The van der Waals surface area contributed by atoms with Crippen LogP contribution in [0.25, 0.3) is 0 Å². The number of hydrogen-bond donors (Lipinski definition) is 1. The van der Waals surface area contributed by atoms with Gasteiger partial charge in [-0.2, -0.15) is 0 Å². The van der Waals surface area contributed by atoms with Gasteiger partial charge in [0.1, 0.15) is 0 Å². The first-order chi connectivity index (χ1) is 9.38. The monoisotopic (exact) mass is 277 g/mol. The van der Waals surface area contributed by atoms with Crippen LogP contribution in [-0.2, 0) is 4.74 Å². The number of rotatable bonds is 4. The summed E-state index contributed by atoms with van der Waals surface area (Å²) in [6.07, 6.45) is 0.0870. The van der Waals surface area contributed by atoms with Gasteiger partial charge in [0.05, 0.1) is 18.3 Å². The molecule has 1 saturated heterocycles. The zero-order valence-electron chi connectivity index (χ0n) is 13.0. The Morgan fingerprint density at radius 1 is 1.20 bits per heavy atom. The number of hydrogen-bond acceptors (Lipinski definition) is 3. The zero-order valence-corrected chi connectivity index (χ0v) is 13.0. The van der Waals surface area contributed by atoms with Crippen molar-refractivity contribution in [2.75, 3.05) is 19.6 Å². The van der Waals surface area contributed by atoms with Crippen LogP contribution >= 0.6 is 0 Å². The molecule has 1 aliphatic heterocycles. The first-order valence-electron chi connectivity index (χ1n) is 7.49. The number of morpholine rings is 1. The lowest BCUT2D eigenvalue weighted by atomic mass is 9.82. The minimum absolute atomic E-state index is 0.182. The molecule has 0 amide bonds. The molecule has 1 aliphatic rings. The van der Waals surface area contributed by atoms with Crippen molar-refractivity contribution >= 4 is 0 Å². The molecular weight excluding hydrogens is 250 g/mol. The fraction of sp³-hybridized carbons (Fsp3) is 0.647. The zero-order chi connectivity index (χ0) is 14.8. The van der Waals surface area contributed by atoms with Crippen molar-refractivity contribution in [2.24, 2.45) is 5.41 Å². The lowest BCUT2D eigenvalue weighted by Gasteiger charge is -2.41. The molecule has 1 N–H and O–H groups in total. The molecule has 1 fully saturated rings. The molecule has 0 aliphatic carbocycles. The van der Waals surface area contributed by atoms with Crippen LogP contribution in [0.5, 0.6) is 0 Å². The fourth-order valence-corrected chi connectivity index (χ4v) is 3.16. The van der Waals surface area contributed by atoms with Crippen molar-refractivity contribution in [1.29, 1.82) is 0 Å². The van der Waals surface area contributed by atoms with Gasteiger partial charge >= 0.3 is 0 Å². The second-order valence-corrected chi connectivity index (χ2v) is 6.75. The number of benzene rings is 1. The predicted octanol–water partition coefficient (Wildman–Crippen LogP) is 2.86. The quantitative estimate of drug-likeness (QED) is 0.918. The van der Waals surface area contributed by atoms with E-state index in [1.165, 1.54) is 0 Å². The molecule has 20 heavy (non-hydrogen) atoms. The topological polar surface area (TPSA) is 32.7 Å². The summed E-state index contributed by atoms with van der Waals surface area (Å²) in [5.41, 5.74) is 0.810. The Hall–Kier alpha value is -0.900. The molecule has 1 aromatic carbocycles. The summed E-state index contributed by atoms with van der Waals surface area (Å²) >= 11 is 0. The maximum Gasteiger partial charge on any atom is 0.0853 e. The first kappa shape index (κ1) is 15.5. The molecule has 3 atom stereocenters. The van der Waals surface area contributed by atoms with Crippen LogP contribution in [0.1, 0.15) is 39.4 Å². The van der Waals surface area contributed by atoms with Gasteiger partial charge in [-0.15, -0.1) is 0 Å². The summed E-state index contributed by atoms with van der Waals surface area (Å²) in [5, 5.41) is 10.7. The highest BCUT2D eigenvalue weighted by atomic mass is 16.5. The molecule has 3 unspecified atom stereocenters. The highest BCUT2D eigenvalue weighted by Crippen LogP contribution is 2.34. The van der Waals surface area contributed by atoms with E-state index in [0.29, 0.717) is 0 Å². The van der Waals surface area contributed by atoms with Crippen molar-refractivity contribution in [3.63, 3.8) is 0 Å². The summed E-state index contributed by atoms with van der Waals surface area (Å²) in [6.45, 7) is 11.3. The molecule has 3 nitrogen and oxygen atoms in total. The minimum Gasteiger partial charge on any atom is -0.388 e. The third-order valence-electron chi connectivity index (χ3n) is 3.98. The Bertz CT molecular complexity index is 408. The normalized spacial score (nSPS) is 26.4. The van der Waals surface area contributed by atoms with Crippen LogP contribution in [0, 0.1) is 5.41 Å². The van der Waals surface area contributed by atoms with Gasteiger partial charge in [-0.05, 0) is 19.4 Å². The van der Waals surface area contributed by atoms with Crippen LogP contribution in [0.2, 0.25) is 0 Å². The smallest absolute Gasteiger partial charge is 0.0853 e. The van der Waals surface area contributed by atoms with E-state index in [4.69, 9.17) is 4.74 Å². The van der Waals surface area contributed by atoms with Gasteiger partial charge in [-0.1, -0.05) is 44.2 Å². The molecule has 112 valence electrons. The molecule has 0 radical (unpaired) electrons. The average Bonchev–Trinajstić information content (AvgIpc) is 2.37. The molecule has 3 heteroatoms. The van der Waals surface area contributed by atoms with Crippen molar-refractivity contribution in [3.05, 3.63) is 35.9 Å². The molecule has 0 spiro atoms. The van der Waals surface area contributed by atoms with Crippen LogP contribution in [-0.4, -0.2) is 41.8 Å². The number of aliphatic hydroxyl groups excluding tert-OH is 1. The van der Waals surface area contributed by atoms with Crippen LogP contribution in [0.4, 0.5) is 0 Å². The van der Waals surface area contributed by atoms with Crippen LogP contribution in [0.3, 0.4) is 0 Å². The van der Waals surface area contributed by atoms with Gasteiger partial charge in [0, 0.05) is 25.0 Å². The SMILES string of the molecule is CC1CN(CC(C)(C)C(O)c2ccccc2)CC(C)O1. The lowest BCUT2D eigenvalue weighted by molar-refractivity contribution is -0.0859. The van der Waals surface area contributed by atoms with E-state index in [0.717, 1.165) is 25.2 Å². The van der Waals surface area contributed by atoms with Crippen LogP contribution < -0.4 is 0 Å². The Morgan fingerprint density at radius 2 is 1.75 bits per heavy atom. The average molecular weight is 277 g/mol. The Morgan fingerprint density at radius 3 is 2.30 bits per heavy atom. The van der Waals surface area contributed by atoms with E-state index < -0.39 is 6.10 Å². The summed E-state index contributed by atoms with van der Waals surface area (Å²) in [7, 11) is 0. The van der Waals surface area contributed by atoms with Crippen LogP contribution in [0.15, 0.2) is 30.3 Å². The maximum atomic E-state index is 10.7. The van der Waals surface area contributed by atoms with Gasteiger partial charge in [-0.25, -0.2) is 0 Å². The maximum absolute atomic E-state index is 10.7. The highest BCUT2D eigenvalue weighted by Gasteiger charge is 2.33. The Balaban J connectivity index is 2.03. The third kappa shape index (κ3) is 3.81. The standard InChI is InChI=1S/C17H27NO2/c1-13-10-18(11-14(2)20-13)12-17(3,4)16(19)15-8-6-5-7-9-15/h5-9,13-14,16,19H,10-12H2,1-4H3. The molecule has 0 saturated carbocycles. The van der Waals surface area contributed by atoms with E-state index in [9.17, 15) is 5.11 Å². The van der Waals surface area contributed by atoms with Gasteiger partial charge in [0.2, 0.25) is 0 Å². The van der Waals surface area contributed by atoms with E-state index in [1.54, 1.807) is 0 Å². The lowest BCUT2D eigenvalue weighted by Crippen LogP contribution is -2.49. The van der Waals surface area contributed by atoms with Crippen molar-refractivity contribution in [1.82, 2.24) is 4.90 Å². The number of ether oxygens (including phenoxy) is 1. The number of aliphatic hydroxyl groups is 1. The summed E-state index contributed by atoms with van der Waals surface area (Å²) in [4.78, 5) is 2.41. The largest absolute Gasteiger partial charge is 0.388 e. The Kier molecular flexibility index (Phi) is 4.84. The summed E-state index contributed by atoms with van der Waals surface area (Å²) in [6, 6.07) is 9.93. The molecule has 0 bridgehead atoms. The van der Waals surface area contributed by atoms with Gasteiger partial charge in [0.25, 0.3) is 0 Å². The summed E-state index contributed by atoms with van der Waals surface area (Å²) in [5.74, 6) is 0. The van der Waals surface area contributed by atoms with Crippen molar-refractivity contribution < 1.29 is 9.84 Å².